The summed E-state index contributed by atoms with van der Waals surface area (Å²) in [5.41, 5.74) is 2.31. The lowest BCUT2D eigenvalue weighted by molar-refractivity contribution is -0.121. The van der Waals surface area contributed by atoms with Crippen molar-refractivity contribution in [1.82, 2.24) is 5.32 Å². The lowest BCUT2D eigenvalue weighted by atomic mass is 9.97. The predicted molar refractivity (Wildman–Crippen MR) is 107 cm³/mol. The number of hydrogen-bond acceptors (Lipinski definition) is 4. The van der Waals surface area contributed by atoms with E-state index < -0.39 is 0 Å². The van der Waals surface area contributed by atoms with Crippen molar-refractivity contribution in [3.05, 3.63) is 53.6 Å². The number of amides is 1. The van der Waals surface area contributed by atoms with Crippen LogP contribution < -0.4 is 19.5 Å². The summed E-state index contributed by atoms with van der Waals surface area (Å²) in [6.45, 7) is 2.70. The number of hydrogen-bond donors (Lipinski definition) is 1. The van der Waals surface area contributed by atoms with Crippen molar-refractivity contribution >= 4 is 5.91 Å². The van der Waals surface area contributed by atoms with Gasteiger partial charge in [-0.05, 0) is 54.2 Å². The number of ether oxygens (including phenoxy) is 3. The van der Waals surface area contributed by atoms with Gasteiger partial charge in [0.25, 0.3) is 0 Å². The van der Waals surface area contributed by atoms with Gasteiger partial charge in [0.1, 0.15) is 5.75 Å². The van der Waals surface area contributed by atoms with Crippen molar-refractivity contribution in [2.45, 2.75) is 26.2 Å². The highest BCUT2D eigenvalue weighted by atomic mass is 16.5. The van der Waals surface area contributed by atoms with Crippen LogP contribution in [0.1, 0.15) is 24.5 Å². The van der Waals surface area contributed by atoms with Crippen LogP contribution >= 0.6 is 0 Å². The molecule has 0 spiro atoms. The Balaban J connectivity index is 1.75. The molecule has 1 N–H and O–H groups in total. The van der Waals surface area contributed by atoms with Crippen LogP contribution in [0.3, 0.4) is 0 Å². The van der Waals surface area contributed by atoms with Crippen LogP contribution in [0.2, 0.25) is 0 Å². The zero-order valence-corrected chi connectivity index (χ0v) is 16.6. The molecule has 146 valence electrons. The summed E-state index contributed by atoms with van der Waals surface area (Å²) in [7, 11) is 4.89. The average molecular weight is 371 g/mol. The van der Waals surface area contributed by atoms with E-state index in [1.165, 1.54) is 5.56 Å². The maximum atomic E-state index is 12.2. The molecule has 2 aromatic carbocycles. The van der Waals surface area contributed by atoms with Crippen LogP contribution in [0.25, 0.3) is 0 Å². The fourth-order valence-corrected chi connectivity index (χ4v) is 3.01. The Bertz CT molecular complexity index is 728. The van der Waals surface area contributed by atoms with Crippen LogP contribution in [0, 0.1) is 5.92 Å². The summed E-state index contributed by atoms with van der Waals surface area (Å²) >= 11 is 0. The predicted octanol–water partition coefficient (Wildman–Crippen LogP) is 3.64. The van der Waals surface area contributed by atoms with Crippen LogP contribution in [0.4, 0.5) is 0 Å². The van der Waals surface area contributed by atoms with Crippen molar-refractivity contribution in [1.29, 1.82) is 0 Å². The number of carbonyl (C=O) groups is 1. The van der Waals surface area contributed by atoms with Crippen molar-refractivity contribution in [2.24, 2.45) is 5.92 Å². The van der Waals surface area contributed by atoms with E-state index in [4.69, 9.17) is 14.2 Å². The summed E-state index contributed by atoms with van der Waals surface area (Å²) in [6.07, 6.45) is 2.13. The standard InChI is InChI=1S/C22H29NO4/c1-16(13-17-5-8-19(25-2)9-6-17)14-22(24)23-12-11-18-7-10-20(26-3)21(15-18)27-4/h5-10,15-16H,11-14H2,1-4H3,(H,23,24)/t16-/m1/s1. The van der Waals surface area contributed by atoms with E-state index >= 15 is 0 Å². The molecule has 5 heteroatoms. The maximum absolute atomic E-state index is 12.2. The fourth-order valence-electron chi connectivity index (χ4n) is 3.01. The molecule has 0 bridgehead atoms. The van der Waals surface area contributed by atoms with Gasteiger partial charge in [0.2, 0.25) is 5.91 Å². The molecule has 1 amide bonds. The molecular formula is C22H29NO4. The highest BCUT2D eigenvalue weighted by molar-refractivity contribution is 5.76. The first-order valence-corrected chi connectivity index (χ1v) is 9.16. The fraction of sp³-hybridized carbons (Fsp3) is 0.409. The topological polar surface area (TPSA) is 56.8 Å². The van der Waals surface area contributed by atoms with Gasteiger partial charge in [-0.15, -0.1) is 0 Å². The summed E-state index contributed by atoms with van der Waals surface area (Å²) in [5, 5.41) is 3.00. The number of carbonyl (C=O) groups excluding carboxylic acids is 1. The largest absolute Gasteiger partial charge is 0.497 e. The summed E-state index contributed by atoms with van der Waals surface area (Å²) < 4.78 is 15.7. The van der Waals surface area contributed by atoms with Gasteiger partial charge in [0, 0.05) is 13.0 Å². The molecule has 0 aromatic heterocycles. The molecule has 0 heterocycles. The summed E-state index contributed by atoms with van der Waals surface area (Å²) in [6, 6.07) is 13.8. The van der Waals surface area contributed by atoms with E-state index in [0.717, 1.165) is 24.2 Å². The first-order valence-electron chi connectivity index (χ1n) is 9.16. The molecule has 0 saturated heterocycles. The monoisotopic (exact) mass is 371 g/mol. The molecule has 2 aromatic rings. The third-order valence-electron chi connectivity index (χ3n) is 4.46. The molecule has 2 rings (SSSR count). The van der Waals surface area contributed by atoms with E-state index in [9.17, 15) is 4.79 Å². The third-order valence-corrected chi connectivity index (χ3v) is 4.46. The second-order valence-corrected chi connectivity index (χ2v) is 6.65. The number of methoxy groups -OCH3 is 3. The number of benzene rings is 2. The van der Waals surface area contributed by atoms with Crippen molar-refractivity contribution in [3.8, 4) is 17.2 Å². The van der Waals surface area contributed by atoms with E-state index in [-0.39, 0.29) is 11.8 Å². The number of rotatable bonds is 10. The Morgan fingerprint density at radius 2 is 1.59 bits per heavy atom. The van der Waals surface area contributed by atoms with Crippen LogP contribution in [0.5, 0.6) is 17.2 Å². The SMILES string of the molecule is COc1ccc(C[C@@H](C)CC(=O)NCCc2ccc(OC)c(OC)c2)cc1. The first kappa shape index (κ1) is 20.6. The van der Waals surface area contributed by atoms with E-state index in [2.05, 4.69) is 12.2 Å². The Morgan fingerprint density at radius 3 is 2.22 bits per heavy atom. The normalized spacial score (nSPS) is 11.6. The van der Waals surface area contributed by atoms with E-state index in [1.807, 2.05) is 42.5 Å². The van der Waals surface area contributed by atoms with E-state index in [0.29, 0.717) is 24.5 Å². The molecule has 0 aliphatic heterocycles. The Kier molecular flexibility index (Phi) is 7.99. The van der Waals surface area contributed by atoms with Gasteiger partial charge >= 0.3 is 0 Å². The molecule has 0 aliphatic carbocycles. The molecule has 1 atom stereocenters. The minimum atomic E-state index is 0.0801. The second kappa shape index (κ2) is 10.5. The molecule has 0 unspecified atom stereocenters. The third kappa shape index (κ3) is 6.51. The Morgan fingerprint density at radius 1 is 0.926 bits per heavy atom. The van der Waals surface area contributed by atoms with Gasteiger partial charge in [0.05, 0.1) is 21.3 Å². The van der Waals surface area contributed by atoms with Gasteiger partial charge in [-0.2, -0.15) is 0 Å². The summed E-state index contributed by atoms with van der Waals surface area (Å²) in [4.78, 5) is 12.2. The molecule has 0 saturated carbocycles. The highest BCUT2D eigenvalue weighted by Gasteiger charge is 2.10. The molecule has 0 fully saturated rings. The van der Waals surface area contributed by atoms with Gasteiger partial charge in [-0.1, -0.05) is 25.1 Å². The van der Waals surface area contributed by atoms with Crippen molar-refractivity contribution in [2.75, 3.05) is 27.9 Å². The lowest BCUT2D eigenvalue weighted by Gasteiger charge is -2.13. The van der Waals surface area contributed by atoms with Gasteiger partial charge in [-0.3, -0.25) is 4.79 Å². The average Bonchev–Trinajstić information content (AvgIpc) is 2.68. The van der Waals surface area contributed by atoms with Crippen LogP contribution in [-0.4, -0.2) is 33.8 Å². The van der Waals surface area contributed by atoms with Crippen LogP contribution in [0.15, 0.2) is 42.5 Å². The Hall–Kier alpha value is -2.69. The quantitative estimate of drug-likeness (QED) is 0.693. The zero-order chi connectivity index (χ0) is 19.6. The number of nitrogens with one attached hydrogen (secondary N) is 1. The van der Waals surface area contributed by atoms with E-state index in [1.54, 1.807) is 21.3 Å². The smallest absolute Gasteiger partial charge is 0.220 e. The molecule has 5 nitrogen and oxygen atoms in total. The van der Waals surface area contributed by atoms with Crippen molar-refractivity contribution < 1.29 is 19.0 Å². The Labute approximate surface area is 161 Å². The lowest BCUT2D eigenvalue weighted by Crippen LogP contribution is -2.27. The summed E-state index contributed by atoms with van der Waals surface area (Å²) in [5.74, 6) is 2.61. The minimum absolute atomic E-state index is 0.0801. The highest BCUT2D eigenvalue weighted by Crippen LogP contribution is 2.27. The van der Waals surface area contributed by atoms with Gasteiger partial charge in [0.15, 0.2) is 11.5 Å². The molecule has 27 heavy (non-hydrogen) atoms. The first-order chi connectivity index (χ1) is 13.0. The molecule has 0 aliphatic rings. The van der Waals surface area contributed by atoms with Crippen LogP contribution in [-0.2, 0) is 17.6 Å². The van der Waals surface area contributed by atoms with Gasteiger partial charge < -0.3 is 19.5 Å². The van der Waals surface area contributed by atoms with Crippen molar-refractivity contribution in [3.63, 3.8) is 0 Å². The second-order valence-electron chi connectivity index (χ2n) is 6.65. The minimum Gasteiger partial charge on any atom is -0.497 e. The van der Waals surface area contributed by atoms with Gasteiger partial charge in [-0.25, -0.2) is 0 Å². The zero-order valence-electron chi connectivity index (χ0n) is 16.6. The molecule has 0 radical (unpaired) electrons. The maximum Gasteiger partial charge on any atom is 0.220 e. The molecular weight excluding hydrogens is 342 g/mol.